The van der Waals surface area contributed by atoms with E-state index < -0.39 is 0 Å². The van der Waals surface area contributed by atoms with E-state index in [9.17, 15) is 4.79 Å². The van der Waals surface area contributed by atoms with Crippen LogP contribution in [0, 0.1) is 0 Å². The zero-order valence-electron chi connectivity index (χ0n) is 7.75. The maximum absolute atomic E-state index is 11.9. The molecule has 76 valence electrons. The number of Topliss-reactive ketones (excluding diaryl/α,β-unsaturated/α-hetero) is 1. The van der Waals surface area contributed by atoms with Gasteiger partial charge in [0.25, 0.3) is 0 Å². The largest absolute Gasteiger partial charge is 0.460 e. The molecule has 0 amide bonds. The lowest BCUT2D eigenvalue weighted by Gasteiger charge is -2.21. The minimum atomic E-state index is -0.0637. The third kappa shape index (κ3) is 1.91. The van der Waals surface area contributed by atoms with E-state index in [1.54, 1.807) is 6.07 Å². The van der Waals surface area contributed by atoms with Crippen molar-refractivity contribution in [2.24, 2.45) is 0 Å². The van der Waals surface area contributed by atoms with Crippen molar-refractivity contribution in [1.29, 1.82) is 0 Å². The van der Waals surface area contributed by atoms with Gasteiger partial charge in [-0.3, -0.25) is 4.79 Å². The third-order valence-electron chi connectivity index (χ3n) is 2.47. The summed E-state index contributed by atoms with van der Waals surface area (Å²) < 4.78 is 5.89. The fourth-order valence-electron chi connectivity index (χ4n) is 1.70. The molecule has 2 rings (SSSR count). The van der Waals surface area contributed by atoms with Gasteiger partial charge in [0.2, 0.25) is 5.78 Å². The zero-order valence-corrected chi connectivity index (χ0v) is 9.34. The summed E-state index contributed by atoms with van der Waals surface area (Å²) >= 11 is 3.29. The molecule has 3 nitrogen and oxygen atoms in total. The minimum absolute atomic E-state index is 0.0570. The molecule has 1 aliphatic rings. The van der Waals surface area contributed by atoms with E-state index in [0.29, 0.717) is 5.76 Å². The number of hydrogen-bond donors (Lipinski definition) is 1. The van der Waals surface area contributed by atoms with Crippen LogP contribution in [0.25, 0.3) is 0 Å². The topological polar surface area (TPSA) is 42.2 Å². The van der Waals surface area contributed by atoms with Gasteiger partial charge in [0.1, 0.15) is 0 Å². The van der Waals surface area contributed by atoms with Gasteiger partial charge in [0.05, 0.1) is 16.8 Å². The fraction of sp³-hybridized carbons (Fsp3) is 0.500. The van der Waals surface area contributed by atoms with Crippen LogP contribution in [0.15, 0.2) is 21.2 Å². The Bertz CT molecular complexity index is 329. The van der Waals surface area contributed by atoms with Crippen LogP contribution in [0.1, 0.15) is 29.8 Å². The maximum atomic E-state index is 11.9. The summed E-state index contributed by atoms with van der Waals surface area (Å²) in [5.74, 6) is 0.492. The highest BCUT2D eigenvalue weighted by Crippen LogP contribution is 2.21. The first-order valence-electron chi connectivity index (χ1n) is 4.79. The average molecular weight is 258 g/mol. The maximum Gasteiger partial charge on any atom is 0.215 e. The van der Waals surface area contributed by atoms with Crippen LogP contribution < -0.4 is 5.32 Å². The van der Waals surface area contributed by atoms with E-state index in [-0.39, 0.29) is 11.8 Å². The van der Waals surface area contributed by atoms with E-state index in [1.165, 1.54) is 6.26 Å². The van der Waals surface area contributed by atoms with Gasteiger partial charge in [-0.05, 0) is 41.4 Å². The van der Waals surface area contributed by atoms with Gasteiger partial charge < -0.3 is 9.73 Å². The molecular formula is C10H12BrNO2. The van der Waals surface area contributed by atoms with Gasteiger partial charge in [-0.15, -0.1) is 0 Å². The second-order valence-electron chi connectivity index (χ2n) is 3.46. The summed E-state index contributed by atoms with van der Waals surface area (Å²) in [6, 6.07) is 1.68. The van der Waals surface area contributed by atoms with Crippen LogP contribution in [0.5, 0.6) is 0 Å². The minimum Gasteiger partial charge on any atom is -0.460 e. The number of nitrogens with one attached hydrogen (secondary N) is 1. The summed E-state index contributed by atoms with van der Waals surface area (Å²) in [7, 11) is 0. The average Bonchev–Trinajstić information content (AvgIpc) is 2.65. The number of furan rings is 1. The SMILES string of the molecule is O=C(c1occc1Br)C1CCCCN1. The normalized spacial score (nSPS) is 22.2. The van der Waals surface area contributed by atoms with Crippen molar-refractivity contribution in [2.75, 3.05) is 6.54 Å². The molecule has 1 atom stereocenters. The van der Waals surface area contributed by atoms with Crippen LogP contribution in [0.4, 0.5) is 0 Å². The lowest BCUT2D eigenvalue weighted by molar-refractivity contribution is 0.0898. The first-order valence-corrected chi connectivity index (χ1v) is 5.59. The standard InChI is InChI=1S/C10H12BrNO2/c11-7-4-6-14-10(7)9(13)8-3-1-2-5-12-8/h4,6,8,12H,1-3,5H2. The van der Waals surface area contributed by atoms with Crippen LogP contribution in [0.3, 0.4) is 0 Å². The molecule has 0 spiro atoms. The van der Waals surface area contributed by atoms with Gasteiger partial charge in [-0.2, -0.15) is 0 Å². The molecule has 0 bridgehead atoms. The molecule has 0 radical (unpaired) electrons. The van der Waals surface area contributed by atoms with Crippen molar-refractivity contribution in [2.45, 2.75) is 25.3 Å². The second kappa shape index (κ2) is 4.28. The van der Waals surface area contributed by atoms with Gasteiger partial charge in [-0.25, -0.2) is 0 Å². The molecule has 1 aromatic rings. The Labute approximate surface area is 91.0 Å². The Morgan fingerprint density at radius 1 is 1.57 bits per heavy atom. The quantitative estimate of drug-likeness (QED) is 0.828. The van der Waals surface area contributed by atoms with E-state index in [1.807, 2.05) is 0 Å². The van der Waals surface area contributed by atoms with Gasteiger partial charge in [0, 0.05) is 0 Å². The third-order valence-corrected chi connectivity index (χ3v) is 3.09. The van der Waals surface area contributed by atoms with Crippen LogP contribution in [0.2, 0.25) is 0 Å². The van der Waals surface area contributed by atoms with Gasteiger partial charge >= 0.3 is 0 Å². The molecule has 4 heteroatoms. The molecule has 14 heavy (non-hydrogen) atoms. The predicted octanol–water partition coefficient (Wildman–Crippen LogP) is 2.37. The molecule has 1 aliphatic heterocycles. The number of carbonyl (C=O) groups excluding carboxylic acids is 1. The van der Waals surface area contributed by atoms with E-state index in [4.69, 9.17) is 4.42 Å². The van der Waals surface area contributed by atoms with Crippen molar-refractivity contribution >= 4 is 21.7 Å². The highest BCUT2D eigenvalue weighted by atomic mass is 79.9. The molecule has 0 saturated carbocycles. The molecular weight excluding hydrogens is 246 g/mol. The Hall–Kier alpha value is -0.610. The van der Waals surface area contributed by atoms with E-state index in [2.05, 4.69) is 21.2 Å². The summed E-state index contributed by atoms with van der Waals surface area (Å²) in [5, 5.41) is 3.20. The molecule has 1 fully saturated rings. The number of ketones is 1. The number of piperidine rings is 1. The molecule has 0 aromatic carbocycles. The molecule has 1 aromatic heterocycles. The van der Waals surface area contributed by atoms with E-state index >= 15 is 0 Å². The number of hydrogen-bond acceptors (Lipinski definition) is 3. The molecule has 0 aliphatic carbocycles. The first-order chi connectivity index (χ1) is 6.79. The highest BCUT2D eigenvalue weighted by Gasteiger charge is 2.25. The van der Waals surface area contributed by atoms with Crippen LogP contribution >= 0.6 is 15.9 Å². The fourth-order valence-corrected chi connectivity index (χ4v) is 2.10. The second-order valence-corrected chi connectivity index (χ2v) is 4.32. The molecule has 1 unspecified atom stereocenters. The monoisotopic (exact) mass is 257 g/mol. The summed E-state index contributed by atoms with van der Waals surface area (Å²) in [6.07, 6.45) is 4.71. The Balaban J connectivity index is 2.11. The van der Waals surface area contributed by atoms with E-state index in [0.717, 1.165) is 30.3 Å². The smallest absolute Gasteiger partial charge is 0.215 e. The van der Waals surface area contributed by atoms with Crippen LogP contribution in [-0.4, -0.2) is 18.4 Å². The summed E-state index contributed by atoms with van der Waals surface area (Å²) in [6.45, 7) is 0.925. The lowest BCUT2D eigenvalue weighted by Crippen LogP contribution is -2.40. The number of halogens is 1. The predicted molar refractivity (Wildman–Crippen MR) is 56.4 cm³/mol. The Morgan fingerprint density at radius 3 is 3.00 bits per heavy atom. The number of carbonyl (C=O) groups is 1. The summed E-state index contributed by atoms with van der Waals surface area (Å²) in [5.41, 5.74) is 0. The molecule has 2 heterocycles. The van der Waals surface area contributed by atoms with Crippen molar-refractivity contribution in [3.63, 3.8) is 0 Å². The highest BCUT2D eigenvalue weighted by molar-refractivity contribution is 9.10. The Kier molecular flexibility index (Phi) is 3.03. The zero-order chi connectivity index (χ0) is 9.97. The van der Waals surface area contributed by atoms with Crippen LogP contribution in [-0.2, 0) is 0 Å². The Morgan fingerprint density at radius 2 is 2.43 bits per heavy atom. The number of rotatable bonds is 2. The molecule has 1 N–H and O–H groups in total. The van der Waals surface area contributed by atoms with Gasteiger partial charge in [-0.1, -0.05) is 6.42 Å². The van der Waals surface area contributed by atoms with Gasteiger partial charge in [0.15, 0.2) is 5.76 Å². The molecule has 1 saturated heterocycles. The summed E-state index contributed by atoms with van der Waals surface area (Å²) in [4.78, 5) is 11.9. The van der Waals surface area contributed by atoms with Crippen molar-refractivity contribution in [3.05, 3.63) is 22.6 Å². The van der Waals surface area contributed by atoms with Crippen molar-refractivity contribution in [3.8, 4) is 0 Å². The first kappa shape index (κ1) is 9.93. The van der Waals surface area contributed by atoms with Crippen molar-refractivity contribution < 1.29 is 9.21 Å². The lowest BCUT2D eigenvalue weighted by atomic mass is 10.00. The van der Waals surface area contributed by atoms with Crippen molar-refractivity contribution in [1.82, 2.24) is 5.32 Å².